The fourth-order valence-corrected chi connectivity index (χ4v) is 5.11. The Labute approximate surface area is 178 Å². The van der Waals surface area contributed by atoms with Crippen molar-refractivity contribution in [3.63, 3.8) is 0 Å². The highest BCUT2D eigenvalue weighted by Gasteiger charge is 2.33. The molecule has 0 radical (unpaired) electrons. The fourth-order valence-electron chi connectivity index (χ4n) is 3.26. The molecule has 2 aromatic carbocycles. The van der Waals surface area contributed by atoms with Crippen LogP contribution in [0.25, 0.3) is 0 Å². The van der Waals surface area contributed by atoms with Gasteiger partial charge in [0.05, 0.1) is 22.4 Å². The zero-order valence-corrected chi connectivity index (χ0v) is 17.8. The molecule has 3 rings (SSSR count). The van der Waals surface area contributed by atoms with Crippen molar-refractivity contribution < 1.29 is 26.7 Å². The lowest BCUT2D eigenvalue weighted by Gasteiger charge is -2.31. The van der Waals surface area contributed by atoms with E-state index in [1.165, 1.54) is 28.6 Å². The molecule has 10 heteroatoms. The maximum absolute atomic E-state index is 13.4. The van der Waals surface area contributed by atoms with Crippen molar-refractivity contribution in [2.45, 2.75) is 24.7 Å². The molecular weight excluding hydrogens is 438 g/mol. The Morgan fingerprint density at radius 2 is 2.00 bits per heavy atom. The van der Waals surface area contributed by atoms with Crippen LogP contribution < -0.4 is 10.1 Å². The first kappa shape index (κ1) is 22.5. The van der Waals surface area contributed by atoms with Crippen LogP contribution in [0.5, 0.6) is 5.75 Å². The van der Waals surface area contributed by atoms with E-state index in [4.69, 9.17) is 16.3 Å². The van der Waals surface area contributed by atoms with Gasteiger partial charge in [-0.2, -0.15) is 4.31 Å². The summed E-state index contributed by atoms with van der Waals surface area (Å²) in [5.74, 6) is -2.78. The number of nitrogens with zero attached hydrogens (tertiary/aromatic N) is 1. The van der Waals surface area contributed by atoms with Crippen LogP contribution in [0.3, 0.4) is 0 Å². The van der Waals surface area contributed by atoms with Gasteiger partial charge in [0, 0.05) is 24.8 Å². The molecule has 0 spiro atoms. The van der Waals surface area contributed by atoms with Crippen LogP contribution in [-0.2, 0) is 14.8 Å². The normalized spacial score (nSPS) is 17.5. The first-order valence-electron chi connectivity index (χ1n) is 9.40. The highest BCUT2D eigenvalue weighted by molar-refractivity contribution is 7.89. The number of sulfonamides is 1. The molecule has 1 N–H and O–H groups in total. The molecule has 0 saturated carbocycles. The molecule has 1 saturated heterocycles. The SMILES string of the molecule is CCOc1ccc(S(=O)(=O)N2CCC[C@H](C(=O)Nc3ccc(F)c(F)c3)C2)cc1Cl. The predicted octanol–water partition coefficient (Wildman–Crippen LogP) is 4.06. The number of amides is 1. The number of rotatable bonds is 6. The average molecular weight is 459 g/mol. The van der Waals surface area contributed by atoms with Crippen LogP contribution in [0.4, 0.5) is 14.5 Å². The molecule has 1 fully saturated rings. The smallest absolute Gasteiger partial charge is 0.243 e. The molecule has 1 aliphatic heterocycles. The minimum atomic E-state index is -3.86. The van der Waals surface area contributed by atoms with Gasteiger partial charge in [0.15, 0.2) is 11.6 Å². The third-order valence-corrected chi connectivity index (χ3v) is 6.94. The van der Waals surface area contributed by atoms with Crippen molar-refractivity contribution in [3.8, 4) is 5.75 Å². The molecule has 162 valence electrons. The first-order valence-corrected chi connectivity index (χ1v) is 11.2. The predicted molar refractivity (Wildman–Crippen MR) is 109 cm³/mol. The van der Waals surface area contributed by atoms with Crippen molar-refractivity contribution >= 4 is 33.2 Å². The third kappa shape index (κ3) is 4.91. The Bertz CT molecular complexity index is 1050. The van der Waals surface area contributed by atoms with E-state index in [-0.39, 0.29) is 28.7 Å². The number of halogens is 3. The lowest BCUT2D eigenvalue weighted by molar-refractivity contribution is -0.120. The minimum Gasteiger partial charge on any atom is -0.492 e. The summed E-state index contributed by atoms with van der Waals surface area (Å²) in [5.41, 5.74) is 0.108. The van der Waals surface area contributed by atoms with Gasteiger partial charge in [-0.3, -0.25) is 4.79 Å². The van der Waals surface area contributed by atoms with E-state index < -0.39 is 33.5 Å². The van der Waals surface area contributed by atoms with Gasteiger partial charge in [-0.25, -0.2) is 17.2 Å². The summed E-state index contributed by atoms with van der Waals surface area (Å²) in [6, 6.07) is 7.28. The lowest BCUT2D eigenvalue weighted by Crippen LogP contribution is -2.43. The van der Waals surface area contributed by atoms with Gasteiger partial charge in [-0.15, -0.1) is 0 Å². The molecular formula is C20H21ClF2N2O4S. The van der Waals surface area contributed by atoms with E-state index >= 15 is 0 Å². The molecule has 0 bridgehead atoms. The summed E-state index contributed by atoms with van der Waals surface area (Å²) in [4.78, 5) is 12.6. The number of ether oxygens (including phenoxy) is 1. The van der Waals surface area contributed by atoms with Gasteiger partial charge in [-0.05, 0) is 50.1 Å². The molecule has 1 heterocycles. The fraction of sp³-hybridized carbons (Fsp3) is 0.350. The van der Waals surface area contributed by atoms with Crippen LogP contribution >= 0.6 is 11.6 Å². The number of hydrogen-bond acceptors (Lipinski definition) is 4. The molecule has 6 nitrogen and oxygen atoms in total. The number of carbonyl (C=O) groups excluding carboxylic acids is 1. The highest BCUT2D eigenvalue weighted by Crippen LogP contribution is 2.30. The summed E-state index contributed by atoms with van der Waals surface area (Å²) >= 11 is 6.12. The quantitative estimate of drug-likeness (QED) is 0.708. The summed E-state index contributed by atoms with van der Waals surface area (Å²) in [6.45, 7) is 2.43. The summed E-state index contributed by atoms with van der Waals surface area (Å²) in [6.07, 6.45) is 0.964. The lowest BCUT2D eigenvalue weighted by atomic mass is 9.98. The van der Waals surface area contributed by atoms with Gasteiger partial charge in [0.2, 0.25) is 15.9 Å². The van der Waals surface area contributed by atoms with Crippen LogP contribution in [0.15, 0.2) is 41.3 Å². The van der Waals surface area contributed by atoms with E-state index in [0.717, 1.165) is 12.1 Å². The minimum absolute atomic E-state index is 0.0117. The van der Waals surface area contributed by atoms with Crippen LogP contribution in [0.1, 0.15) is 19.8 Å². The molecule has 1 amide bonds. The van der Waals surface area contributed by atoms with Gasteiger partial charge < -0.3 is 10.1 Å². The molecule has 0 aliphatic carbocycles. The van der Waals surface area contributed by atoms with Crippen molar-refractivity contribution in [2.24, 2.45) is 5.92 Å². The first-order chi connectivity index (χ1) is 14.2. The molecule has 0 aromatic heterocycles. The zero-order valence-electron chi connectivity index (χ0n) is 16.2. The summed E-state index contributed by atoms with van der Waals surface area (Å²) in [5, 5.41) is 2.70. The number of carbonyl (C=O) groups is 1. The zero-order chi connectivity index (χ0) is 21.9. The Balaban J connectivity index is 1.73. The largest absolute Gasteiger partial charge is 0.492 e. The number of nitrogens with one attached hydrogen (secondary N) is 1. The van der Waals surface area contributed by atoms with E-state index in [2.05, 4.69) is 5.32 Å². The van der Waals surface area contributed by atoms with E-state index in [9.17, 15) is 22.0 Å². The van der Waals surface area contributed by atoms with E-state index in [0.29, 0.717) is 25.2 Å². The number of piperidine rings is 1. The molecule has 30 heavy (non-hydrogen) atoms. The Kier molecular flexibility index (Phi) is 6.95. The Morgan fingerprint density at radius 3 is 2.67 bits per heavy atom. The highest BCUT2D eigenvalue weighted by atomic mass is 35.5. The molecule has 1 aliphatic rings. The number of hydrogen-bond donors (Lipinski definition) is 1. The van der Waals surface area contributed by atoms with Crippen molar-refractivity contribution in [1.82, 2.24) is 4.31 Å². The van der Waals surface area contributed by atoms with Crippen LogP contribution in [0, 0.1) is 17.6 Å². The van der Waals surface area contributed by atoms with Crippen molar-refractivity contribution in [1.29, 1.82) is 0 Å². The maximum Gasteiger partial charge on any atom is 0.243 e. The van der Waals surface area contributed by atoms with Gasteiger partial charge in [0.1, 0.15) is 5.75 Å². The van der Waals surface area contributed by atoms with Gasteiger partial charge in [-0.1, -0.05) is 11.6 Å². The second kappa shape index (κ2) is 9.28. The third-order valence-electron chi connectivity index (χ3n) is 4.78. The van der Waals surface area contributed by atoms with E-state index in [1.54, 1.807) is 6.92 Å². The molecule has 1 atom stereocenters. The van der Waals surface area contributed by atoms with Crippen LogP contribution in [0.2, 0.25) is 5.02 Å². The van der Waals surface area contributed by atoms with Crippen LogP contribution in [-0.4, -0.2) is 38.3 Å². The Hall–Kier alpha value is -2.23. The molecule has 0 unspecified atom stereocenters. The topological polar surface area (TPSA) is 75.7 Å². The summed E-state index contributed by atoms with van der Waals surface area (Å²) < 4.78 is 59.0. The van der Waals surface area contributed by atoms with E-state index in [1.807, 2.05) is 0 Å². The number of anilines is 1. The second-order valence-electron chi connectivity index (χ2n) is 6.85. The maximum atomic E-state index is 13.4. The molecule has 2 aromatic rings. The van der Waals surface area contributed by atoms with Crippen molar-refractivity contribution in [3.05, 3.63) is 53.1 Å². The Morgan fingerprint density at radius 1 is 1.23 bits per heavy atom. The number of benzene rings is 2. The standard InChI is InChI=1S/C20H21ClF2N2O4S/c1-2-29-19-8-6-15(11-16(19)21)30(27,28)25-9-3-4-13(12-25)20(26)24-14-5-7-17(22)18(23)10-14/h5-8,10-11,13H,2-4,9,12H2,1H3,(H,24,26)/t13-/m0/s1. The second-order valence-corrected chi connectivity index (χ2v) is 9.19. The van der Waals surface area contributed by atoms with Gasteiger partial charge in [0.25, 0.3) is 0 Å². The van der Waals surface area contributed by atoms with Gasteiger partial charge >= 0.3 is 0 Å². The van der Waals surface area contributed by atoms with Crippen molar-refractivity contribution in [2.75, 3.05) is 25.0 Å². The summed E-state index contributed by atoms with van der Waals surface area (Å²) in [7, 11) is -3.86. The average Bonchev–Trinajstić information content (AvgIpc) is 2.72. The monoisotopic (exact) mass is 458 g/mol.